The normalized spacial score (nSPS) is 11.6. The van der Waals surface area contributed by atoms with Crippen molar-refractivity contribution in [2.45, 2.75) is 31.4 Å². The van der Waals surface area contributed by atoms with Crippen molar-refractivity contribution in [3.8, 4) is 5.75 Å². The van der Waals surface area contributed by atoms with Crippen molar-refractivity contribution in [2.24, 2.45) is 5.14 Å². The molecule has 2 N–H and O–H groups in total. The maximum Gasteiger partial charge on any atom is 0.238 e. The summed E-state index contributed by atoms with van der Waals surface area (Å²) in [6.45, 7) is 2.98. The second-order valence-electron chi connectivity index (χ2n) is 4.50. The van der Waals surface area contributed by atoms with Crippen LogP contribution >= 0.6 is 0 Å². The zero-order chi connectivity index (χ0) is 15.5. The summed E-state index contributed by atoms with van der Waals surface area (Å²) in [5.74, 6) is -0.810. The first kappa shape index (κ1) is 15.5. The number of sulfonamides is 1. The van der Waals surface area contributed by atoms with Gasteiger partial charge in [0.25, 0.3) is 0 Å². The molecule has 0 amide bonds. The highest BCUT2D eigenvalue weighted by atomic mass is 32.2. The fourth-order valence-corrected chi connectivity index (χ4v) is 2.36. The number of ether oxygens (including phenoxy) is 1. The van der Waals surface area contributed by atoms with E-state index in [4.69, 9.17) is 9.88 Å². The van der Waals surface area contributed by atoms with E-state index in [2.05, 4.69) is 4.98 Å². The fourth-order valence-electron chi connectivity index (χ4n) is 1.84. The summed E-state index contributed by atoms with van der Waals surface area (Å²) < 4.78 is 43.3. The van der Waals surface area contributed by atoms with Crippen LogP contribution in [-0.2, 0) is 23.2 Å². The lowest BCUT2D eigenvalue weighted by atomic mass is 10.3. The molecule has 0 fully saturated rings. The molecule has 0 atom stereocenters. The number of rotatable bonds is 6. The Hall–Kier alpha value is -1.93. The second kappa shape index (κ2) is 6.23. The monoisotopic (exact) mass is 313 g/mol. The predicted octanol–water partition coefficient (Wildman–Crippen LogP) is 1.66. The Morgan fingerprint density at radius 2 is 2.19 bits per heavy atom. The van der Waals surface area contributed by atoms with Crippen LogP contribution in [0.15, 0.2) is 35.6 Å². The number of nitrogens with zero attached hydrogens (tertiary/aromatic N) is 2. The summed E-state index contributed by atoms with van der Waals surface area (Å²) >= 11 is 0. The molecule has 0 aliphatic heterocycles. The van der Waals surface area contributed by atoms with Gasteiger partial charge in [0.15, 0.2) is 11.6 Å². The first-order chi connectivity index (χ1) is 9.91. The zero-order valence-corrected chi connectivity index (χ0v) is 12.3. The maximum atomic E-state index is 13.8. The Morgan fingerprint density at radius 1 is 1.43 bits per heavy atom. The summed E-state index contributed by atoms with van der Waals surface area (Å²) in [4.78, 5) is 3.73. The lowest BCUT2D eigenvalue weighted by Gasteiger charge is -2.10. The van der Waals surface area contributed by atoms with Gasteiger partial charge in [-0.15, -0.1) is 0 Å². The number of benzene rings is 1. The van der Waals surface area contributed by atoms with E-state index in [1.807, 2.05) is 11.5 Å². The van der Waals surface area contributed by atoms with E-state index in [0.29, 0.717) is 0 Å². The summed E-state index contributed by atoms with van der Waals surface area (Å²) in [5, 5.41) is 4.93. The van der Waals surface area contributed by atoms with Gasteiger partial charge in [0.2, 0.25) is 10.0 Å². The van der Waals surface area contributed by atoms with Gasteiger partial charge in [0.05, 0.1) is 23.1 Å². The first-order valence-electron chi connectivity index (χ1n) is 6.36. The van der Waals surface area contributed by atoms with Crippen LogP contribution in [0.3, 0.4) is 0 Å². The molecule has 0 saturated heterocycles. The third-order valence-corrected chi connectivity index (χ3v) is 3.78. The van der Waals surface area contributed by atoms with Crippen molar-refractivity contribution in [1.82, 2.24) is 9.55 Å². The highest BCUT2D eigenvalue weighted by Gasteiger charge is 2.13. The molecule has 0 unspecified atom stereocenters. The minimum Gasteiger partial charge on any atom is -0.484 e. The van der Waals surface area contributed by atoms with Crippen LogP contribution in [0, 0.1) is 5.82 Å². The van der Waals surface area contributed by atoms with Gasteiger partial charge in [-0.05, 0) is 24.6 Å². The van der Waals surface area contributed by atoms with Crippen molar-refractivity contribution in [2.75, 3.05) is 0 Å². The third-order valence-electron chi connectivity index (χ3n) is 2.87. The summed E-state index contributed by atoms with van der Waals surface area (Å²) in [7, 11) is -3.92. The smallest absolute Gasteiger partial charge is 0.238 e. The highest BCUT2D eigenvalue weighted by Crippen LogP contribution is 2.21. The molecule has 0 saturated carbocycles. The van der Waals surface area contributed by atoms with Gasteiger partial charge in [-0.1, -0.05) is 6.92 Å². The van der Waals surface area contributed by atoms with Crippen molar-refractivity contribution in [3.05, 3.63) is 42.2 Å². The van der Waals surface area contributed by atoms with Crippen molar-refractivity contribution in [3.63, 3.8) is 0 Å². The van der Waals surface area contributed by atoms with Crippen LogP contribution < -0.4 is 9.88 Å². The molecular formula is C13H16FN3O3S. The van der Waals surface area contributed by atoms with Gasteiger partial charge < -0.3 is 9.30 Å². The van der Waals surface area contributed by atoms with E-state index in [0.717, 1.165) is 24.7 Å². The topological polar surface area (TPSA) is 87.2 Å². The molecule has 114 valence electrons. The number of aromatic nitrogens is 2. The molecule has 0 radical (unpaired) electrons. The Balaban J connectivity index is 2.12. The van der Waals surface area contributed by atoms with Gasteiger partial charge in [0.1, 0.15) is 6.61 Å². The minimum absolute atomic E-state index is 0.0355. The van der Waals surface area contributed by atoms with Crippen LogP contribution in [0.25, 0.3) is 0 Å². The molecule has 2 rings (SSSR count). The standard InChI is InChI=1S/C13H16FN3O3S/c1-2-5-17-9-16-7-10(17)8-20-13-4-3-11(6-12(13)14)21(15,18)19/h3-4,6-7,9H,2,5,8H2,1H3,(H2,15,18,19). The zero-order valence-electron chi connectivity index (χ0n) is 11.5. The summed E-state index contributed by atoms with van der Waals surface area (Å²) in [5.41, 5.74) is 0.812. The Labute approximate surface area is 122 Å². The van der Waals surface area contributed by atoms with Gasteiger partial charge in [-0.3, -0.25) is 0 Å². The van der Waals surface area contributed by atoms with Gasteiger partial charge in [0, 0.05) is 6.54 Å². The quantitative estimate of drug-likeness (QED) is 0.878. The molecule has 0 spiro atoms. The Morgan fingerprint density at radius 3 is 2.81 bits per heavy atom. The van der Waals surface area contributed by atoms with Gasteiger partial charge >= 0.3 is 0 Å². The Kier molecular flexibility index (Phi) is 4.59. The molecule has 1 aromatic heterocycles. The average Bonchev–Trinajstić information content (AvgIpc) is 2.84. The van der Waals surface area contributed by atoms with E-state index >= 15 is 0 Å². The predicted molar refractivity (Wildman–Crippen MR) is 74.6 cm³/mol. The van der Waals surface area contributed by atoms with E-state index in [-0.39, 0.29) is 17.3 Å². The molecule has 1 heterocycles. The number of imidazole rings is 1. The van der Waals surface area contributed by atoms with Crippen molar-refractivity contribution in [1.29, 1.82) is 0 Å². The Bertz CT molecular complexity index is 728. The lowest BCUT2D eigenvalue weighted by molar-refractivity contribution is 0.279. The molecule has 0 aliphatic rings. The largest absolute Gasteiger partial charge is 0.484 e. The average molecular weight is 313 g/mol. The van der Waals surface area contributed by atoms with Gasteiger partial charge in [-0.2, -0.15) is 0 Å². The number of hydrogen-bond donors (Lipinski definition) is 1. The number of hydrogen-bond acceptors (Lipinski definition) is 4. The molecule has 8 heteroatoms. The molecule has 21 heavy (non-hydrogen) atoms. The van der Waals surface area contributed by atoms with Crippen LogP contribution in [0.2, 0.25) is 0 Å². The third kappa shape index (κ3) is 3.79. The number of halogens is 1. The molecular weight excluding hydrogens is 297 g/mol. The van der Waals surface area contributed by atoms with E-state index in [1.54, 1.807) is 12.5 Å². The minimum atomic E-state index is -3.92. The van der Waals surface area contributed by atoms with Crippen LogP contribution in [0.1, 0.15) is 19.0 Å². The van der Waals surface area contributed by atoms with Crippen molar-refractivity contribution < 1.29 is 17.5 Å². The molecule has 2 aromatic rings. The molecule has 0 bridgehead atoms. The fraction of sp³-hybridized carbons (Fsp3) is 0.308. The highest BCUT2D eigenvalue weighted by molar-refractivity contribution is 7.89. The second-order valence-corrected chi connectivity index (χ2v) is 6.07. The first-order valence-corrected chi connectivity index (χ1v) is 7.90. The van der Waals surface area contributed by atoms with Crippen LogP contribution in [-0.4, -0.2) is 18.0 Å². The van der Waals surface area contributed by atoms with Crippen molar-refractivity contribution >= 4 is 10.0 Å². The van der Waals surface area contributed by atoms with Crippen LogP contribution in [0.4, 0.5) is 4.39 Å². The summed E-state index contributed by atoms with van der Waals surface area (Å²) in [6.07, 6.45) is 4.27. The number of nitrogens with two attached hydrogens (primary N) is 1. The molecule has 6 nitrogen and oxygen atoms in total. The SMILES string of the molecule is CCCn1cncc1COc1ccc(S(N)(=O)=O)cc1F. The number of aryl methyl sites for hydroxylation is 1. The molecule has 0 aliphatic carbocycles. The van der Waals surface area contributed by atoms with E-state index in [1.165, 1.54) is 12.1 Å². The maximum absolute atomic E-state index is 13.8. The molecule has 1 aromatic carbocycles. The van der Waals surface area contributed by atoms with Gasteiger partial charge in [-0.25, -0.2) is 22.9 Å². The lowest BCUT2D eigenvalue weighted by Crippen LogP contribution is -2.12. The van der Waals surface area contributed by atoms with Crippen LogP contribution in [0.5, 0.6) is 5.75 Å². The van der Waals surface area contributed by atoms with E-state index in [9.17, 15) is 12.8 Å². The number of primary sulfonamides is 1. The van der Waals surface area contributed by atoms with E-state index < -0.39 is 15.8 Å². The summed E-state index contributed by atoms with van der Waals surface area (Å²) in [6, 6.07) is 3.29.